The minimum atomic E-state index is 0. The zero-order valence-corrected chi connectivity index (χ0v) is 13.1. The molecule has 0 aromatic heterocycles. The second-order valence-corrected chi connectivity index (χ2v) is 5.08. The van der Waals surface area contributed by atoms with E-state index in [-0.39, 0.29) is 24.2 Å². The van der Waals surface area contributed by atoms with E-state index in [1.54, 1.807) is 7.11 Å². The molecule has 1 aliphatic heterocycles. The van der Waals surface area contributed by atoms with Gasteiger partial charge in [-0.05, 0) is 33.4 Å². The van der Waals surface area contributed by atoms with Gasteiger partial charge < -0.3 is 20.3 Å². The summed E-state index contributed by atoms with van der Waals surface area (Å²) in [5.74, 6) is 0.317. The Bertz CT molecular complexity index is 254. The lowest BCUT2D eigenvalue weighted by Gasteiger charge is -2.29. The molecule has 0 saturated carbocycles. The SMILES string of the molecule is COCCN(C)CCNC(=O)C1CCCNC1C.Cl. The fourth-order valence-electron chi connectivity index (χ4n) is 2.26. The fourth-order valence-corrected chi connectivity index (χ4v) is 2.26. The Morgan fingerprint density at radius 3 is 2.84 bits per heavy atom. The van der Waals surface area contributed by atoms with Gasteiger partial charge >= 0.3 is 0 Å². The normalized spacial score (nSPS) is 22.9. The number of hydrogen-bond donors (Lipinski definition) is 2. The Balaban J connectivity index is 0.00000324. The summed E-state index contributed by atoms with van der Waals surface area (Å²) < 4.78 is 5.01. The third-order valence-corrected chi connectivity index (χ3v) is 3.57. The van der Waals surface area contributed by atoms with Gasteiger partial charge in [-0.3, -0.25) is 4.79 Å². The smallest absolute Gasteiger partial charge is 0.224 e. The van der Waals surface area contributed by atoms with Gasteiger partial charge in [0, 0.05) is 32.8 Å². The molecule has 5 nitrogen and oxygen atoms in total. The van der Waals surface area contributed by atoms with Gasteiger partial charge in [0.15, 0.2) is 0 Å². The maximum absolute atomic E-state index is 12.0. The maximum Gasteiger partial charge on any atom is 0.224 e. The van der Waals surface area contributed by atoms with Crippen molar-refractivity contribution in [2.45, 2.75) is 25.8 Å². The predicted octanol–water partition coefficient (Wildman–Crippen LogP) is 0.491. The number of nitrogens with one attached hydrogen (secondary N) is 2. The highest BCUT2D eigenvalue weighted by Crippen LogP contribution is 2.15. The summed E-state index contributed by atoms with van der Waals surface area (Å²) in [6.07, 6.45) is 2.09. The molecule has 1 heterocycles. The molecule has 2 N–H and O–H groups in total. The molecule has 19 heavy (non-hydrogen) atoms. The number of amides is 1. The number of piperidine rings is 1. The molecule has 0 aliphatic carbocycles. The number of rotatable bonds is 7. The molecule has 0 radical (unpaired) electrons. The van der Waals surface area contributed by atoms with Gasteiger partial charge in [-0.2, -0.15) is 0 Å². The number of methoxy groups -OCH3 is 1. The van der Waals surface area contributed by atoms with Gasteiger partial charge in [0.2, 0.25) is 5.91 Å². The first kappa shape index (κ1) is 18.6. The number of hydrogen-bond acceptors (Lipinski definition) is 4. The van der Waals surface area contributed by atoms with Crippen molar-refractivity contribution in [2.75, 3.05) is 46.9 Å². The summed E-state index contributed by atoms with van der Waals surface area (Å²) in [4.78, 5) is 14.2. The van der Waals surface area contributed by atoms with Crippen molar-refractivity contribution in [3.8, 4) is 0 Å². The predicted molar refractivity (Wildman–Crippen MR) is 79.8 cm³/mol. The molecule has 114 valence electrons. The molecule has 1 rings (SSSR count). The summed E-state index contributed by atoms with van der Waals surface area (Å²) in [5, 5.41) is 6.38. The van der Waals surface area contributed by atoms with Gasteiger partial charge in [0.1, 0.15) is 0 Å². The highest BCUT2D eigenvalue weighted by atomic mass is 35.5. The first-order chi connectivity index (χ1) is 8.65. The molecule has 1 fully saturated rings. The maximum atomic E-state index is 12.0. The van der Waals surface area contributed by atoms with Crippen LogP contribution < -0.4 is 10.6 Å². The quantitative estimate of drug-likeness (QED) is 0.717. The highest BCUT2D eigenvalue weighted by molar-refractivity contribution is 5.85. The van der Waals surface area contributed by atoms with E-state index in [0.717, 1.165) is 39.1 Å². The van der Waals surface area contributed by atoms with Crippen molar-refractivity contribution < 1.29 is 9.53 Å². The second kappa shape index (κ2) is 10.4. The van der Waals surface area contributed by atoms with Gasteiger partial charge in [0.05, 0.1) is 12.5 Å². The van der Waals surface area contributed by atoms with Crippen molar-refractivity contribution in [2.24, 2.45) is 5.92 Å². The van der Waals surface area contributed by atoms with E-state index in [4.69, 9.17) is 4.74 Å². The van der Waals surface area contributed by atoms with E-state index >= 15 is 0 Å². The topological polar surface area (TPSA) is 53.6 Å². The summed E-state index contributed by atoms with van der Waals surface area (Å²) in [7, 11) is 3.74. The molecule has 1 aliphatic rings. The summed E-state index contributed by atoms with van der Waals surface area (Å²) in [6.45, 7) is 6.33. The Labute approximate surface area is 122 Å². The zero-order chi connectivity index (χ0) is 13.4. The van der Waals surface area contributed by atoms with E-state index in [2.05, 4.69) is 22.5 Å². The zero-order valence-electron chi connectivity index (χ0n) is 12.3. The van der Waals surface area contributed by atoms with Crippen LogP contribution in [-0.4, -0.2) is 63.8 Å². The molecule has 0 spiro atoms. The van der Waals surface area contributed by atoms with Crippen molar-refractivity contribution in [1.82, 2.24) is 15.5 Å². The lowest BCUT2D eigenvalue weighted by atomic mass is 9.91. The van der Waals surface area contributed by atoms with Crippen LogP contribution in [0.5, 0.6) is 0 Å². The van der Waals surface area contributed by atoms with Crippen LogP contribution in [0.1, 0.15) is 19.8 Å². The molecule has 0 aromatic rings. The Hall–Kier alpha value is -0.360. The molecular formula is C13H28ClN3O2. The molecule has 0 aromatic carbocycles. The summed E-state index contributed by atoms with van der Waals surface area (Å²) in [6, 6.07) is 0.296. The number of carbonyl (C=O) groups excluding carboxylic acids is 1. The number of halogens is 1. The lowest BCUT2D eigenvalue weighted by molar-refractivity contribution is -0.126. The van der Waals surface area contributed by atoms with Crippen LogP contribution in [0.15, 0.2) is 0 Å². The minimum Gasteiger partial charge on any atom is -0.383 e. The molecule has 1 amide bonds. The molecule has 0 bridgehead atoms. The Kier molecular flexibility index (Phi) is 10.2. The summed E-state index contributed by atoms with van der Waals surface area (Å²) >= 11 is 0. The highest BCUT2D eigenvalue weighted by Gasteiger charge is 2.26. The van der Waals surface area contributed by atoms with E-state index in [1.165, 1.54) is 0 Å². The van der Waals surface area contributed by atoms with Crippen LogP contribution in [0.25, 0.3) is 0 Å². The van der Waals surface area contributed by atoms with Crippen molar-refractivity contribution >= 4 is 18.3 Å². The van der Waals surface area contributed by atoms with E-state index in [0.29, 0.717) is 12.6 Å². The number of carbonyl (C=O) groups is 1. The van der Waals surface area contributed by atoms with Crippen molar-refractivity contribution in [3.63, 3.8) is 0 Å². The van der Waals surface area contributed by atoms with E-state index < -0.39 is 0 Å². The third-order valence-electron chi connectivity index (χ3n) is 3.57. The van der Waals surface area contributed by atoms with Crippen molar-refractivity contribution in [1.29, 1.82) is 0 Å². The first-order valence-corrected chi connectivity index (χ1v) is 6.83. The molecule has 2 atom stereocenters. The van der Waals surface area contributed by atoms with Crippen LogP contribution in [-0.2, 0) is 9.53 Å². The van der Waals surface area contributed by atoms with Gasteiger partial charge in [-0.15, -0.1) is 12.4 Å². The standard InChI is InChI=1S/C13H27N3O2.ClH/c1-11-12(5-4-6-14-11)13(17)15-7-8-16(2)9-10-18-3;/h11-12,14H,4-10H2,1-3H3,(H,15,17);1H. The van der Waals surface area contributed by atoms with E-state index in [1.807, 2.05) is 7.05 Å². The Morgan fingerprint density at radius 1 is 1.47 bits per heavy atom. The van der Waals surface area contributed by atoms with Crippen LogP contribution in [0.3, 0.4) is 0 Å². The van der Waals surface area contributed by atoms with Gasteiger partial charge in [-0.25, -0.2) is 0 Å². The van der Waals surface area contributed by atoms with Crippen LogP contribution >= 0.6 is 12.4 Å². The number of likely N-dealkylation sites (N-methyl/N-ethyl adjacent to an activating group) is 1. The molecular weight excluding hydrogens is 266 g/mol. The molecule has 2 unspecified atom stereocenters. The van der Waals surface area contributed by atoms with Crippen LogP contribution in [0.2, 0.25) is 0 Å². The average Bonchev–Trinajstić information content (AvgIpc) is 2.36. The summed E-state index contributed by atoms with van der Waals surface area (Å²) in [5.41, 5.74) is 0. The average molecular weight is 294 g/mol. The van der Waals surface area contributed by atoms with Crippen LogP contribution in [0.4, 0.5) is 0 Å². The van der Waals surface area contributed by atoms with Crippen molar-refractivity contribution in [3.05, 3.63) is 0 Å². The minimum absolute atomic E-state index is 0. The first-order valence-electron chi connectivity index (χ1n) is 6.83. The van der Waals surface area contributed by atoms with Crippen LogP contribution in [0, 0.1) is 5.92 Å². The molecule has 6 heteroatoms. The third kappa shape index (κ3) is 7.11. The molecule has 1 saturated heterocycles. The number of nitrogens with zero attached hydrogens (tertiary/aromatic N) is 1. The van der Waals surface area contributed by atoms with Gasteiger partial charge in [-0.1, -0.05) is 0 Å². The second-order valence-electron chi connectivity index (χ2n) is 5.08. The Morgan fingerprint density at radius 2 is 2.21 bits per heavy atom. The number of ether oxygens (including phenoxy) is 1. The van der Waals surface area contributed by atoms with Gasteiger partial charge in [0.25, 0.3) is 0 Å². The van der Waals surface area contributed by atoms with E-state index in [9.17, 15) is 4.79 Å². The lowest BCUT2D eigenvalue weighted by Crippen LogP contribution is -2.47. The monoisotopic (exact) mass is 293 g/mol. The largest absolute Gasteiger partial charge is 0.383 e. The fraction of sp³-hybridized carbons (Fsp3) is 0.923.